The summed E-state index contributed by atoms with van der Waals surface area (Å²) in [4.78, 5) is 12.6. The summed E-state index contributed by atoms with van der Waals surface area (Å²) in [7, 11) is 0. The first-order valence-electron chi connectivity index (χ1n) is 8.38. The van der Waals surface area contributed by atoms with Crippen LogP contribution in [0.3, 0.4) is 0 Å². The molecule has 0 bridgehead atoms. The second kappa shape index (κ2) is 7.36. The van der Waals surface area contributed by atoms with Gasteiger partial charge < -0.3 is 10.4 Å². The first kappa shape index (κ1) is 17.0. The fraction of sp³-hybridized carbons (Fsp3) is 0.444. The predicted octanol–water partition coefficient (Wildman–Crippen LogP) is 2.91. The van der Waals surface area contributed by atoms with E-state index in [0.717, 1.165) is 49.0 Å². The van der Waals surface area contributed by atoms with Crippen molar-refractivity contribution in [3.8, 4) is 5.69 Å². The van der Waals surface area contributed by atoms with Crippen LogP contribution in [0.2, 0.25) is 5.02 Å². The molecule has 1 aliphatic carbocycles. The van der Waals surface area contributed by atoms with E-state index in [0.29, 0.717) is 10.7 Å². The van der Waals surface area contributed by atoms with Gasteiger partial charge in [-0.2, -0.15) is 5.10 Å². The summed E-state index contributed by atoms with van der Waals surface area (Å²) in [6.45, 7) is 1.68. The number of benzene rings is 1. The van der Waals surface area contributed by atoms with Crippen molar-refractivity contribution in [3.63, 3.8) is 0 Å². The molecule has 0 radical (unpaired) electrons. The third-order valence-electron chi connectivity index (χ3n) is 4.37. The zero-order valence-electron chi connectivity index (χ0n) is 13.8. The molecule has 128 valence electrons. The van der Waals surface area contributed by atoms with Gasteiger partial charge in [-0.15, -0.1) is 0 Å². The number of amides is 1. The second-order valence-corrected chi connectivity index (χ2v) is 6.72. The molecule has 1 aromatic heterocycles. The SMILES string of the molecule is CC(CO)NC(=O)c1nn(-c2ccc(Cl)cc2)c2c1CCCCC2. The van der Waals surface area contributed by atoms with Gasteiger partial charge in [-0.25, -0.2) is 4.68 Å². The van der Waals surface area contributed by atoms with Crippen LogP contribution in [0.25, 0.3) is 5.69 Å². The topological polar surface area (TPSA) is 67.2 Å². The van der Waals surface area contributed by atoms with Gasteiger partial charge in [-0.1, -0.05) is 18.0 Å². The highest BCUT2D eigenvalue weighted by Crippen LogP contribution is 2.27. The molecule has 1 heterocycles. The van der Waals surface area contributed by atoms with Gasteiger partial charge in [-0.3, -0.25) is 4.79 Å². The molecule has 3 rings (SSSR count). The van der Waals surface area contributed by atoms with Gasteiger partial charge in [-0.05, 0) is 56.9 Å². The third kappa shape index (κ3) is 3.47. The summed E-state index contributed by atoms with van der Waals surface area (Å²) in [6, 6.07) is 7.20. The summed E-state index contributed by atoms with van der Waals surface area (Å²) in [5, 5.41) is 17.2. The van der Waals surface area contributed by atoms with Crippen molar-refractivity contribution in [2.45, 2.75) is 45.1 Å². The minimum Gasteiger partial charge on any atom is -0.394 e. The Morgan fingerprint density at radius 3 is 2.71 bits per heavy atom. The lowest BCUT2D eigenvalue weighted by Crippen LogP contribution is -2.35. The van der Waals surface area contributed by atoms with E-state index in [-0.39, 0.29) is 18.6 Å². The number of rotatable bonds is 4. The Labute approximate surface area is 146 Å². The lowest BCUT2D eigenvalue weighted by atomic mass is 10.1. The zero-order chi connectivity index (χ0) is 17.1. The van der Waals surface area contributed by atoms with E-state index in [4.69, 9.17) is 11.6 Å². The maximum absolute atomic E-state index is 12.6. The number of aliphatic hydroxyl groups excluding tert-OH is 1. The Kier molecular flexibility index (Phi) is 5.21. The molecular weight excluding hydrogens is 326 g/mol. The number of fused-ring (bicyclic) bond motifs is 1. The molecule has 0 saturated carbocycles. The standard InChI is InChI=1S/C18H22ClN3O2/c1-12(11-23)20-18(24)17-15-5-3-2-4-6-16(15)22(21-17)14-9-7-13(19)8-10-14/h7-10,12,23H,2-6,11H2,1H3,(H,20,24). The van der Waals surface area contributed by atoms with Gasteiger partial charge in [0.1, 0.15) is 0 Å². The Hall–Kier alpha value is -1.85. The third-order valence-corrected chi connectivity index (χ3v) is 4.62. The van der Waals surface area contributed by atoms with Crippen molar-refractivity contribution in [3.05, 3.63) is 46.2 Å². The highest BCUT2D eigenvalue weighted by molar-refractivity contribution is 6.30. The summed E-state index contributed by atoms with van der Waals surface area (Å²) in [6.07, 6.45) is 5.09. The highest BCUT2D eigenvalue weighted by Gasteiger charge is 2.25. The lowest BCUT2D eigenvalue weighted by Gasteiger charge is -2.10. The molecular formula is C18H22ClN3O2. The van der Waals surface area contributed by atoms with Crippen LogP contribution in [0.1, 0.15) is 47.9 Å². The quantitative estimate of drug-likeness (QED) is 0.836. The van der Waals surface area contributed by atoms with Gasteiger partial charge in [0.25, 0.3) is 5.91 Å². The number of hydrogen-bond acceptors (Lipinski definition) is 3. The highest BCUT2D eigenvalue weighted by atomic mass is 35.5. The number of carbonyl (C=O) groups is 1. The van der Waals surface area contributed by atoms with Crippen LogP contribution >= 0.6 is 11.6 Å². The zero-order valence-corrected chi connectivity index (χ0v) is 14.5. The van der Waals surface area contributed by atoms with E-state index in [1.54, 1.807) is 6.92 Å². The van der Waals surface area contributed by atoms with Crippen LogP contribution in [0.5, 0.6) is 0 Å². The minimum absolute atomic E-state index is 0.0914. The molecule has 6 heteroatoms. The van der Waals surface area contributed by atoms with Crippen LogP contribution in [-0.4, -0.2) is 33.4 Å². The van der Waals surface area contributed by atoms with Gasteiger partial charge >= 0.3 is 0 Å². The first-order valence-corrected chi connectivity index (χ1v) is 8.76. The Morgan fingerprint density at radius 1 is 1.29 bits per heavy atom. The van der Waals surface area contributed by atoms with E-state index >= 15 is 0 Å². The maximum Gasteiger partial charge on any atom is 0.272 e. The number of hydrogen-bond donors (Lipinski definition) is 2. The Bertz CT molecular complexity index is 725. The molecule has 1 atom stereocenters. The number of carbonyl (C=O) groups excluding carboxylic acids is 1. The molecule has 0 aliphatic heterocycles. The Morgan fingerprint density at radius 2 is 2.00 bits per heavy atom. The smallest absolute Gasteiger partial charge is 0.272 e. The molecule has 2 aromatic rings. The van der Waals surface area contributed by atoms with Crippen LogP contribution in [0.4, 0.5) is 0 Å². The number of nitrogens with zero attached hydrogens (tertiary/aromatic N) is 2. The molecule has 2 N–H and O–H groups in total. The van der Waals surface area contributed by atoms with Crippen LogP contribution in [0.15, 0.2) is 24.3 Å². The number of aliphatic hydroxyl groups is 1. The summed E-state index contributed by atoms with van der Waals surface area (Å²) >= 11 is 5.98. The lowest BCUT2D eigenvalue weighted by molar-refractivity contribution is 0.0916. The van der Waals surface area contributed by atoms with Crippen LogP contribution in [-0.2, 0) is 12.8 Å². The van der Waals surface area contributed by atoms with Crippen molar-refractivity contribution in [2.24, 2.45) is 0 Å². The van der Waals surface area contributed by atoms with Crippen molar-refractivity contribution >= 4 is 17.5 Å². The number of aromatic nitrogens is 2. The van der Waals surface area contributed by atoms with Gasteiger partial charge in [0.2, 0.25) is 0 Å². The Balaban J connectivity index is 2.03. The molecule has 24 heavy (non-hydrogen) atoms. The van der Waals surface area contributed by atoms with Crippen LogP contribution < -0.4 is 5.32 Å². The molecule has 1 unspecified atom stereocenters. The van der Waals surface area contributed by atoms with E-state index in [1.165, 1.54) is 0 Å². The van der Waals surface area contributed by atoms with Crippen molar-refractivity contribution in [1.29, 1.82) is 0 Å². The van der Waals surface area contributed by atoms with Crippen molar-refractivity contribution < 1.29 is 9.90 Å². The summed E-state index contributed by atoms with van der Waals surface area (Å²) in [5.41, 5.74) is 3.52. The molecule has 1 aliphatic rings. The largest absolute Gasteiger partial charge is 0.394 e. The molecule has 1 amide bonds. The summed E-state index contributed by atoms with van der Waals surface area (Å²) < 4.78 is 1.87. The average molecular weight is 348 g/mol. The van der Waals surface area contributed by atoms with E-state index in [2.05, 4.69) is 10.4 Å². The molecule has 0 saturated heterocycles. The molecule has 1 aromatic carbocycles. The fourth-order valence-electron chi connectivity index (χ4n) is 3.09. The molecule has 0 spiro atoms. The van der Waals surface area contributed by atoms with E-state index < -0.39 is 0 Å². The maximum atomic E-state index is 12.6. The minimum atomic E-state index is -0.292. The van der Waals surface area contributed by atoms with Gasteiger partial charge in [0.05, 0.1) is 12.3 Å². The molecule has 0 fully saturated rings. The van der Waals surface area contributed by atoms with Crippen LogP contribution in [0, 0.1) is 0 Å². The van der Waals surface area contributed by atoms with Crippen molar-refractivity contribution in [2.75, 3.05) is 6.61 Å². The van der Waals surface area contributed by atoms with E-state index in [9.17, 15) is 9.90 Å². The summed E-state index contributed by atoms with van der Waals surface area (Å²) in [5.74, 6) is -0.220. The molecule has 5 nitrogen and oxygen atoms in total. The van der Waals surface area contributed by atoms with Gasteiger partial charge in [0, 0.05) is 22.3 Å². The average Bonchev–Trinajstić information content (AvgIpc) is 2.77. The van der Waals surface area contributed by atoms with Crippen molar-refractivity contribution in [1.82, 2.24) is 15.1 Å². The second-order valence-electron chi connectivity index (χ2n) is 6.28. The first-order chi connectivity index (χ1) is 11.6. The normalized spacial score (nSPS) is 15.5. The number of nitrogens with one attached hydrogen (secondary N) is 1. The van der Waals surface area contributed by atoms with E-state index in [1.807, 2.05) is 28.9 Å². The fourth-order valence-corrected chi connectivity index (χ4v) is 3.22. The van der Waals surface area contributed by atoms with Gasteiger partial charge in [0.15, 0.2) is 5.69 Å². The predicted molar refractivity (Wildman–Crippen MR) is 93.8 cm³/mol. The monoisotopic (exact) mass is 347 g/mol. The number of halogens is 1.